The molecule has 2 aromatic rings. The van der Waals surface area contributed by atoms with Gasteiger partial charge in [0, 0.05) is 0 Å². The molecule has 2 N–H and O–H groups in total. The molecule has 0 bridgehead atoms. The van der Waals surface area contributed by atoms with Gasteiger partial charge in [-0.2, -0.15) is 5.26 Å². The number of hydrogen-bond acceptors (Lipinski definition) is 7. The van der Waals surface area contributed by atoms with E-state index in [4.69, 9.17) is 19.2 Å². The van der Waals surface area contributed by atoms with Crippen molar-refractivity contribution in [2.75, 3.05) is 6.61 Å². The van der Waals surface area contributed by atoms with Crippen LogP contribution in [0.5, 0.6) is 5.75 Å². The Bertz CT molecular complexity index is 808. The molecule has 9 heteroatoms. The van der Waals surface area contributed by atoms with Crippen LogP contribution in [0.2, 0.25) is 0 Å². The van der Waals surface area contributed by atoms with Crippen molar-refractivity contribution in [3.63, 3.8) is 0 Å². The fourth-order valence-electron chi connectivity index (χ4n) is 1.75. The fourth-order valence-corrected chi connectivity index (χ4v) is 1.75. The molecule has 0 unspecified atom stereocenters. The largest absolute Gasteiger partial charge is 0.479 e. The van der Waals surface area contributed by atoms with E-state index in [1.807, 2.05) is 6.07 Å². The van der Waals surface area contributed by atoms with Crippen LogP contribution in [-0.2, 0) is 14.3 Å². The van der Waals surface area contributed by atoms with Crippen LogP contribution in [0.15, 0.2) is 47.1 Å². The maximum Gasteiger partial charge on any atom is 0.347 e. The summed E-state index contributed by atoms with van der Waals surface area (Å²) in [6.45, 7) is 0.857. The molecule has 0 aliphatic heterocycles. The second-order valence-corrected chi connectivity index (χ2v) is 4.98. The van der Waals surface area contributed by atoms with Crippen molar-refractivity contribution in [3.8, 4) is 11.8 Å². The third kappa shape index (κ3) is 5.38. The van der Waals surface area contributed by atoms with E-state index in [0.717, 1.165) is 0 Å². The highest BCUT2D eigenvalue weighted by Gasteiger charge is 2.18. The minimum Gasteiger partial charge on any atom is -0.479 e. The van der Waals surface area contributed by atoms with Crippen molar-refractivity contribution in [2.24, 2.45) is 0 Å². The smallest absolute Gasteiger partial charge is 0.347 e. The van der Waals surface area contributed by atoms with E-state index >= 15 is 0 Å². The maximum atomic E-state index is 11.8. The minimum absolute atomic E-state index is 0.0201. The highest BCUT2D eigenvalue weighted by molar-refractivity contribution is 5.93. The van der Waals surface area contributed by atoms with Gasteiger partial charge in [0.05, 0.1) is 17.9 Å². The SMILES string of the molecule is C[C@H](Oc1ccc(C#N)cc1)C(=O)OCC(=O)NNC(=O)c1ccco1. The van der Waals surface area contributed by atoms with Crippen molar-refractivity contribution in [1.29, 1.82) is 5.26 Å². The van der Waals surface area contributed by atoms with Gasteiger partial charge in [0.1, 0.15) is 5.75 Å². The normalized spacial score (nSPS) is 10.9. The average Bonchev–Trinajstić information content (AvgIpc) is 3.19. The quantitative estimate of drug-likeness (QED) is 0.580. The van der Waals surface area contributed by atoms with Crippen molar-refractivity contribution < 1.29 is 28.3 Å². The van der Waals surface area contributed by atoms with Crippen molar-refractivity contribution in [2.45, 2.75) is 13.0 Å². The first-order valence-corrected chi connectivity index (χ1v) is 7.45. The highest BCUT2D eigenvalue weighted by Crippen LogP contribution is 2.13. The monoisotopic (exact) mass is 357 g/mol. The number of ether oxygens (including phenoxy) is 2. The number of nitrogens with zero attached hydrogens (tertiary/aromatic N) is 1. The van der Waals surface area contributed by atoms with Gasteiger partial charge in [-0.3, -0.25) is 20.4 Å². The lowest BCUT2D eigenvalue weighted by molar-refractivity contribution is -0.154. The molecule has 0 aliphatic carbocycles. The van der Waals surface area contributed by atoms with Gasteiger partial charge < -0.3 is 13.9 Å². The molecule has 2 rings (SSSR count). The second kappa shape index (κ2) is 8.89. The Morgan fingerprint density at radius 2 is 1.92 bits per heavy atom. The molecule has 1 heterocycles. The highest BCUT2D eigenvalue weighted by atomic mass is 16.6. The topological polar surface area (TPSA) is 131 Å². The number of furan rings is 1. The zero-order valence-corrected chi connectivity index (χ0v) is 13.7. The van der Waals surface area contributed by atoms with Crippen molar-refractivity contribution in [1.82, 2.24) is 10.9 Å². The summed E-state index contributed by atoms with van der Waals surface area (Å²) in [5.41, 5.74) is 4.65. The Balaban J connectivity index is 1.71. The number of esters is 1. The molecular formula is C17H15N3O6. The summed E-state index contributed by atoms with van der Waals surface area (Å²) in [7, 11) is 0. The van der Waals surface area contributed by atoms with E-state index in [-0.39, 0.29) is 5.76 Å². The Kier molecular flexibility index (Phi) is 6.34. The fraction of sp³-hybridized carbons (Fsp3) is 0.176. The third-order valence-electron chi connectivity index (χ3n) is 3.03. The third-order valence-corrected chi connectivity index (χ3v) is 3.03. The van der Waals surface area contributed by atoms with Gasteiger partial charge >= 0.3 is 11.9 Å². The molecule has 1 atom stereocenters. The molecule has 0 spiro atoms. The number of hydrogen-bond donors (Lipinski definition) is 2. The minimum atomic E-state index is -0.964. The molecule has 1 aromatic heterocycles. The van der Waals surface area contributed by atoms with Crippen LogP contribution < -0.4 is 15.6 Å². The lowest BCUT2D eigenvalue weighted by atomic mass is 10.2. The van der Waals surface area contributed by atoms with E-state index in [2.05, 4.69) is 10.9 Å². The Hall–Kier alpha value is -3.80. The molecule has 26 heavy (non-hydrogen) atoms. The molecule has 0 saturated heterocycles. The molecule has 1 aromatic carbocycles. The number of amides is 2. The van der Waals surface area contributed by atoms with Crippen LogP contribution in [-0.4, -0.2) is 30.5 Å². The predicted octanol–water partition coefficient (Wildman–Crippen LogP) is 0.923. The molecule has 2 amide bonds. The van der Waals surface area contributed by atoms with E-state index in [1.165, 1.54) is 25.3 Å². The molecular weight excluding hydrogens is 342 g/mol. The number of rotatable bonds is 6. The summed E-state index contributed by atoms with van der Waals surface area (Å²) in [6.07, 6.45) is 0.349. The summed E-state index contributed by atoms with van der Waals surface area (Å²) >= 11 is 0. The van der Waals surface area contributed by atoms with Crippen LogP contribution in [0, 0.1) is 11.3 Å². The van der Waals surface area contributed by atoms with Crippen molar-refractivity contribution >= 4 is 17.8 Å². The molecule has 0 radical (unpaired) electrons. The zero-order chi connectivity index (χ0) is 18.9. The molecule has 0 aliphatic rings. The summed E-state index contributed by atoms with van der Waals surface area (Å²) < 4.78 is 15.0. The number of carbonyl (C=O) groups excluding carboxylic acids is 3. The summed E-state index contributed by atoms with van der Waals surface area (Å²) in [5, 5.41) is 8.72. The van der Waals surface area contributed by atoms with Gasteiger partial charge in [-0.1, -0.05) is 0 Å². The lowest BCUT2D eigenvalue weighted by Crippen LogP contribution is -2.44. The number of hydrazine groups is 1. The Morgan fingerprint density at radius 3 is 2.54 bits per heavy atom. The van der Waals surface area contributed by atoms with E-state index in [0.29, 0.717) is 11.3 Å². The Morgan fingerprint density at radius 1 is 1.19 bits per heavy atom. The van der Waals surface area contributed by atoms with Crippen LogP contribution >= 0.6 is 0 Å². The molecule has 0 saturated carbocycles. The van der Waals surface area contributed by atoms with Gasteiger partial charge in [-0.25, -0.2) is 4.79 Å². The standard InChI is InChI=1S/C17H15N3O6/c1-11(26-13-6-4-12(9-18)5-7-13)17(23)25-10-15(21)19-20-16(22)14-3-2-8-24-14/h2-8,11H,10H2,1H3,(H,19,21)(H,20,22)/t11-/m0/s1. The van der Waals surface area contributed by atoms with Gasteiger partial charge in [0.2, 0.25) is 0 Å². The molecule has 9 nitrogen and oxygen atoms in total. The number of nitrogens with one attached hydrogen (secondary N) is 2. The van der Waals surface area contributed by atoms with Crippen LogP contribution in [0.25, 0.3) is 0 Å². The number of benzene rings is 1. The summed E-state index contributed by atoms with van der Waals surface area (Å²) in [5.74, 6) is -1.74. The van der Waals surface area contributed by atoms with Gasteiger partial charge in [0.15, 0.2) is 18.5 Å². The maximum absolute atomic E-state index is 11.8. The number of carbonyl (C=O) groups is 3. The van der Waals surface area contributed by atoms with Crippen molar-refractivity contribution in [3.05, 3.63) is 54.0 Å². The first-order valence-electron chi connectivity index (χ1n) is 7.45. The second-order valence-electron chi connectivity index (χ2n) is 4.98. The predicted molar refractivity (Wildman–Crippen MR) is 86.5 cm³/mol. The van der Waals surface area contributed by atoms with Gasteiger partial charge in [-0.05, 0) is 43.3 Å². The molecule has 0 fully saturated rings. The summed E-state index contributed by atoms with van der Waals surface area (Å²) in [6, 6.07) is 11.1. The Labute approximate surface area is 148 Å². The van der Waals surface area contributed by atoms with Crippen LogP contribution in [0.1, 0.15) is 23.0 Å². The zero-order valence-electron chi connectivity index (χ0n) is 13.7. The van der Waals surface area contributed by atoms with E-state index in [1.54, 1.807) is 24.3 Å². The van der Waals surface area contributed by atoms with Crippen LogP contribution in [0.3, 0.4) is 0 Å². The van der Waals surface area contributed by atoms with E-state index < -0.39 is 30.5 Å². The number of nitriles is 1. The molecule has 134 valence electrons. The van der Waals surface area contributed by atoms with Gasteiger partial charge in [-0.15, -0.1) is 0 Å². The first-order chi connectivity index (χ1) is 12.5. The first kappa shape index (κ1) is 18.5. The van der Waals surface area contributed by atoms with E-state index in [9.17, 15) is 14.4 Å². The van der Waals surface area contributed by atoms with Crippen LogP contribution in [0.4, 0.5) is 0 Å². The average molecular weight is 357 g/mol. The summed E-state index contributed by atoms with van der Waals surface area (Å²) in [4.78, 5) is 34.9. The lowest BCUT2D eigenvalue weighted by Gasteiger charge is -2.14. The van der Waals surface area contributed by atoms with Gasteiger partial charge in [0.25, 0.3) is 5.91 Å².